The van der Waals surface area contributed by atoms with E-state index in [1.165, 1.54) is 28.6 Å². The fraction of sp³-hybridized carbons (Fsp3) is 0.235. The lowest BCUT2D eigenvalue weighted by Gasteiger charge is -2.19. The van der Waals surface area contributed by atoms with Crippen LogP contribution in [0.25, 0.3) is 10.9 Å². The number of nitrogens with zero attached hydrogens (tertiary/aromatic N) is 2. The fourth-order valence-corrected chi connectivity index (χ4v) is 2.96. The Balaban J connectivity index is 1.76. The first-order chi connectivity index (χ1) is 9.90. The van der Waals surface area contributed by atoms with Crippen molar-refractivity contribution in [3.63, 3.8) is 0 Å². The maximum absolute atomic E-state index is 4.64. The highest BCUT2D eigenvalue weighted by atomic mass is 14.9. The number of benzene rings is 1. The second kappa shape index (κ2) is 4.67. The average molecular weight is 263 g/mol. The molecule has 1 aliphatic heterocycles. The summed E-state index contributed by atoms with van der Waals surface area (Å²) in [5, 5.41) is 4.77. The molecular formula is C17H17N3. The molecule has 0 radical (unpaired) electrons. The van der Waals surface area contributed by atoms with Crippen molar-refractivity contribution >= 4 is 16.6 Å². The first-order valence-corrected chi connectivity index (χ1v) is 7.15. The fourth-order valence-electron chi connectivity index (χ4n) is 2.96. The molecule has 0 saturated heterocycles. The van der Waals surface area contributed by atoms with Crippen LogP contribution in [0.5, 0.6) is 0 Å². The van der Waals surface area contributed by atoms with Gasteiger partial charge in [-0.1, -0.05) is 12.1 Å². The zero-order valence-corrected chi connectivity index (χ0v) is 11.3. The lowest BCUT2D eigenvalue weighted by atomic mass is 10.0. The van der Waals surface area contributed by atoms with Gasteiger partial charge in [0, 0.05) is 42.8 Å². The van der Waals surface area contributed by atoms with Gasteiger partial charge in [-0.2, -0.15) is 0 Å². The van der Waals surface area contributed by atoms with E-state index in [-0.39, 0.29) is 0 Å². The first-order valence-electron chi connectivity index (χ1n) is 7.15. The number of pyridine rings is 1. The van der Waals surface area contributed by atoms with Crippen LogP contribution in [0.1, 0.15) is 17.5 Å². The van der Waals surface area contributed by atoms with E-state index in [9.17, 15) is 0 Å². The van der Waals surface area contributed by atoms with Gasteiger partial charge in [0.1, 0.15) is 0 Å². The van der Waals surface area contributed by atoms with Crippen molar-refractivity contribution in [2.24, 2.45) is 0 Å². The van der Waals surface area contributed by atoms with Crippen molar-refractivity contribution in [1.29, 1.82) is 0 Å². The second-order valence-electron chi connectivity index (χ2n) is 5.40. The molecule has 0 bridgehead atoms. The van der Waals surface area contributed by atoms with E-state index >= 15 is 0 Å². The van der Waals surface area contributed by atoms with Crippen molar-refractivity contribution in [3.8, 4) is 0 Å². The van der Waals surface area contributed by atoms with Gasteiger partial charge >= 0.3 is 0 Å². The summed E-state index contributed by atoms with van der Waals surface area (Å²) in [7, 11) is 0. The zero-order chi connectivity index (χ0) is 13.4. The van der Waals surface area contributed by atoms with E-state index in [1.807, 2.05) is 6.20 Å². The molecule has 0 atom stereocenters. The van der Waals surface area contributed by atoms with Gasteiger partial charge in [-0.15, -0.1) is 0 Å². The molecule has 3 heterocycles. The van der Waals surface area contributed by atoms with Crippen molar-refractivity contribution in [2.45, 2.75) is 19.4 Å². The van der Waals surface area contributed by atoms with Crippen LogP contribution in [-0.4, -0.2) is 16.1 Å². The molecule has 1 aliphatic rings. The van der Waals surface area contributed by atoms with Crippen LogP contribution in [0.2, 0.25) is 0 Å². The third-order valence-electron chi connectivity index (χ3n) is 3.97. The monoisotopic (exact) mass is 263 g/mol. The second-order valence-corrected chi connectivity index (χ2v) is 5.40. The third-order valence-corrected chi connectivity index (χ3v) is 3.97. The van der Waals surface area contributed by atoms with Crippen LogP contribution < -0.4 is 5.32 Å². The molecule has 4 rings (SSSR count). The lowest BCUT2D eigenvalue weighted by molar-refractivity contribution is 0.806. The van der Waals surface area contributed by atoms with Crippen molar-refractivity contribution in [3.05, 3.63) is 60.0 Å². The predicted molar refractivity (Wildman–Crippen MR) is 82.1 cm³/mol. The molecular weight excluding hydrogens is 246 g/mol. The van der Waals surface area contributed by atoms with Gasteiger partial charge < -0.3 is 9.88 Å². The molecule has 2 aromatic heterocycles. The SMILES string of the molecule is c1ccn(Cc2ccc3c4c(cnc3c2)CCCN4)c1. The summed E-state index contributed by atoms with van der Waals surface area (Å²) in [5.74, 6) is 0. The molecule has 100 valence electrons. The van der Waals surface area contributed by atoms with E-state index in [0.717, 1.165) is 25.0 Å². The summed E-state index contributed by atoms with van der Waals surface area (Å²) in [6.07, 6.45) is 8.55. The molecule has 0 spiro atoms. The van der Waals surface area contributed by atoms with Crippen LogP contribution in [-0.2, 0) is 13.0 Å². The zero-order valence-electron chi connectivity index (χ0n) is 11.3. The minimum absolute atomic E-state index is 0.898. The molecule has 1 N–H and O–H groups in total. The molecule has 3 nitrogen and oxygen atoms in total. The van der Waals surface area contributed by atoms with E-state index in [0.29, 0.717) is 0 Å². The lowest BCUT2D eigenvalue weighted by Crippen LogP contribution is -2.12. The van der Waals surface area contributed by atoms with Crippen LogP contribution in [0, 0.1) is 0 Å². The number of aromatic nitrogens is 2. The smallest absolute Gasteiger partial charge is 0.0726 e. The maximum Gasteiger partial charge on any atom is 0.0726 e. The van der Waals surface area contributed by atoms with Gasteiger partial charge in [0.25, 0.3) is 0 Å². The van der Waals surface area contributed by atoms with E-state index in [4.69, 9.17) is 0 Å². The van der Waals surface area contributed by atoms with E-state index < -0.39 is 0 Å². The number of fused-ring (bicyclic) bond motifs is 3. The largest absolute Gasteiger partial charge is 0.384 e. The molecule has 3 aromatic rings. The molecule has 0 amide bonds. The maximum atomic E-state index is 4.64. The predicted octanol–water partition coefficient (Wildman–Crippen LogP) is 3.44. The van der Waals surface area contributed by atoms with E-state index in [1.54, 1.807) is 0 Å². The Bertz CT molecular complexity index is 744. The van der Waals surface area contributed by atoms with Gasteiger partial charge in [0.2, 0.25) is 0 Å². The Kier molecular flexibility index (Phi) is 2.69. The molecule has 3 heteroatoms. The highest BCUT2D eigenvalue weighted by Crippen LogP contribution is 2.30. The van der Waals surface area contributed by atoms with Gasteiger partial charge in [-0.05, 0) is 42.2 Å². The van der Waals surface area contributed by atoms with Crippen LogP contribution in [0.4, 0.5) is 5.69 Å². The Morgan fingerprint density at radius 1 is 1.20 bits per heavy atom. The van der Waals surface area contributed by atoms with Crippen molar-refractivity contribution in [1.82, 2.24) is 9.55 Å². The first kappa shape index (κ1) is 11.5. The highest BCUT2D eigenvalue weighted by molar-refractivity contribution is 5.93. The van der Waals surface area contributed by atoms with Gasteiger partial charge in [-0.25, -0.2) is 0 Å². The topological polar surface area (TPSA) is 29.9 Å². The number of hydrogen-bond acceptors (Lipinski definition) is 2. The number of hydrogen-bond donors (Lipinski definition) is 1. The summed E-state index contributed by atoms with van der Waals surface area (Å²) in [5.41, 5.74) is 5.01. The van der Waals surface area contributed by atoms with Crippen LogP contribution >= 0.6 is 0 Å². The van der Waals surface area contributed by atoms with Crippen molar-refractivity contribution < 1.29 is 0 Å². The highest BCUT2D eigenvalue weighted by Gasteiger charge is 2.12. The summed E-state index contributed by atoms with van der Waals surface area (Å²) >= 11 is 0. The molecule has 0 saturated carbocycles. The Morgan fingerprint density at radius 2 is 2.10 bits per heavy atom. The molecule has 1 aromatic carbocycles. The van der Waals surface area contributed by atoms with Gasteiger partial charge in [0.05, 0.1) is 5.52 Å². The minimum atomic E-state index is 0.898. The van der Waals surface area contributed by atoms with Crippen LogP contribution in [0.3, 0.4) is 0 Å². The molecule has 0 fully saturated rings. The Morgan fingerprint density at radius 3 is 3.00 bits per heavy atom. The summed E-state index contributed by atoms with van der Waals surface area (Å²) in [4.78, 5) is 4.64. The van der Waals surface area contributed by atoms with Gasteiger partial charge in [-0.3, -0.25) is 4.98 Å². The Labute approximate surface area is 118 Å². The van der Waals surface area contributed by atoms with Crippen LogP contribution in [0.15, 0.2) is 48.9 Å². The number of aryl methyl sites for hydroxylation is 1. The summed E-state index contributed by atoms with van der Waals surface area (Å²) in [6.45, 7) is 1.96. The molecule has 20 heavy (non-hydrogen) atoms. The third kappa shape index (κ3) is 1.95. The number of nitrogens with one attached hydrogen (secondary N) is 1. The molecule has 0 unspecified atom stereocenters. The summed E-state index contributed by atoms with van der Waals surface area (Å²) < 4.78 is 2.18. The summed E-state index contributed by atoms with van der Waals surface area (Å²) in [6, 6.07) is 10.7. The van der Waals surface area contributed by atoms with Gasteiger partial charge in [0.15, 0.2) is 0 Å². The van der Waals surface area contributed by atoms with Crippen molar-refractivity contribution in [2.75, 3.05) is 11.9 Å². The average Bonchev–Trinajstić information content (AvgIpc) is 3.00. The minimum Gasteiger partial charge on any atom is -0.384 e. The number of anilines is 1. The Hall–Kier alpha value is -2.29. The molecule has 0 aliphatic carbocycles. The quantitative estimate of drug-likeness (QED) is 0.767. The standard InChI is InChI=1S/C17H17N3/c1-2-9-20(8-1)12-13-5-6-15-16(10-13)19-11-14-4-3-7-18-17(14)15/h1-2,5-6,8-11,18H,3-4,7,12H2. The van der Waals surface area contributed by atoms with E-state index in [2.05, 4.69) is 57.6 Å². The number of rotatable bonds is 2. The normalized spacial score (nSPS) is 14.0.